The van der Waals surface area contributed by atoms with E-state index in [1.54, 1.807) is 21.3 Å². The lowest BCUT2D eigenvalue weighted by atomic mass is 9.77. The predicted octanol–water partition coefficient (Wildman–Crippen LogP) is 3.79. The van der Waals surface area contributed by atoms with Crippen molar-refractivity contribution in [3.63, 3.8) is 0 Å². The maximum absolute atomic E-state index is 5.40. The molecule has 1 aromatic rings. The van der Waals surface area contributed by atoms with E-state index in [4.69, 9.17) is 14.2 Å². The van der Waals surface area contributed by atoms with Gasteiger partial charge in [0.1, 0.15) is 0 Å². The van der Waals surface area contributed by atoms with Gasteiger partial charge in [-0.1, -0.05) is 20.8 Å². The molecule has 1 rings (SSSR count). The van der Waals surface area contributed by atoms with Crippen molar-refractivity contribution in [2.24, 2.45) is 0 Å². The van der Waals surface area contributed by atoms with Crippen LogP contribution in [0.1, 0.15) is 39.2 Å². The van der Waals surface area contributed by atoms with Crippen LogP contribution in [-0.2, 0) is 5.41 Å². The first-order valence-electron chi connectivity index (χ1n) is 6.36. The number of benzene rings is 1. The van der Waals surface area contributed by atoms with Crippen molar-refractivity contribution in [1.29, 1.82) is 0 Å². The zero-order valence-electron chi connectivity index (χ0n) is 12.3. The van der Waals surface area contributed by atoms with Gasteiger partial charge in [-0.15, -0.1) is 0 Å². The smallest absolute Gasteiger partial charge is 0.203 e. The lowest BCUT2D eigenvalue weighted by molar-refractivity contribution is 0.321. The maximum atomic E-state index is 5.40. The fourth-order valence-electron chi connectivity index (χ4n) is 2.09. The summed E-state index contributed by atoms with van der Waals surface area (Å²) in [6.07, 6.45) is 2.14. The molecular weight excluding hydrogens is 228 g/mol. The fourth-order valence-corrected chi connectivity index (χ4v) is 2.09. The molecule has 1 aromatic carbocycles. The Morgan fingerprint density at radius 1 is 0.889 bits per heavy atom. The molecule has 0 aliphatic heterocycles. The number of methoxy groups -OCH3 is 3. The lowest BCUT2D eigenvalue weighted by Crippen LogP contribution is -2.19. The van der Waals surface area contributed by atoms with Crippen LogP contribution in [0, 0.1) is 0 Å². The highest BCUT2D eigenvalue weighted by Gasteiger charge is 2.25. The SMILES string of the molecule is CCC(C)(CC)c1cc(OC)c(OC)c(OC)c1. The highest BCUT2D eigenvalue weighted by molar-refractivity contribution is 5.55. The Labute approximate surface area is 110 Å². The van der Waals surface area contributed by atoms with Gasteiger partial charge >= 0.3 is 0 Å². The third kappa shape index (κ3) is 2.55. The van der Waals surface area contributed by atoms with E-state index in [-0.39, 0.29) is 5.41 Å². The molecule has 0 heterocycles. The van der Waals surface area contributed by atoms with E-state index >= 15 is 0 Å². The van der Waals surface area contributed by atoms with Gasteiger partial charge in [0.25, 0.3) is 0 Å². The van der Waals surface area contributed by atoms with Crippen molar-refractivity contribution >= 4 is 0 Å². The molecule has 18 heavy (non-hydrogen) atoms. The average Bonchev–Trinajstić information content (AvgIpc) is 2.44. The Kier molecular flexibility index (Phi) is 4.88. The highest BCUT2D eigenvalue weighted by atomic mass is 16.5. The third-order valence-corrected chi connectivity index (χ3v) is 3.92. The summed E-state index contributed by atoms with van der Waals surface area (Å²) in [5.41, 5.74) is 1.36. The van der Waals surface area contributed by atoms with Crippen LogP contribution in [0.25, 0.3) is 0 Å². The molecule has 3 nitrogen and oxygen atoms in total. The molecular formula is C15H24O3. The van der Waals surface area contributed by atoms with Crippen LogP contribution in [0.5, 0.6) is 17.2 Å². The summed E-state index contributed by atoms with van der Waals surface area (Å²) in [4.78, 5) is 0. The molecule has 0 N–H and O–H groups in total. The molecule has 102 valence electrons. The zero-order valence-corrected chi connectivity index (χ0v) is 12.3. The second kappa shape index (κ2) is 5.98. The van der Waals surface area contributed by atoms with Crippen LogP contribution < -0.4 is 14.2 Å². The van der Waals surface area contributed by atoms with Gasteiger partial charge in [-0.25, -0.2) is 0 Å². The van der Waals surface area contributed by atoms with Crippen LogP contribution >= 0.6 is 0 Å². The van der Waals surface area contributed by atoms with Crippen molar-refractivity contribution in [3.8, 4) is 17.2 Å². The van der Waals surface area contributed by atoms with E-state index < -0.39 is 0 Å². The van der Waals surface area contributed by atoms with Gasteiger partial charge in [0, 0.05) is 0 Å². The standard InChI is InChI=1S/C15H24O3/c1-7-15(3,8-2)11-9-12(16-4)14(18-6)13(10-11)17-5/h9-10H,7-8H2,1-6H3. The molecule has 0 unspecified atom stereocenters. The van der Waals surface area contributed by atoms with Gasteiger partial charge in [-0.3, -0.25) is 0 Å². The Hall–Kier alpha value is -1.38. The first-order valence-corrected chi connectivity index (χ1v) is 6.36. The zero-order chi connectivity index (χ0) is 13.8. The molecule has 0 saturated heterocycles. The summed E-state index contributed by atoms with van der Waals surface area (Å²) in [5.74, 6) is 2.10. The van der Waals surface area contributed by atoms with Gasteiger partial charge < -0.3 is 14.2 Å². The maximum Gasteiger partial charge on any atom is 0.203 e. The minimum atomic E-state index is 0.132. The number of ether oxygens (including phenoxy) is 3. The van der Waals surface area contributed by atoms with E-state index in [9.17, 15) is 0 Å². The molecule has 0 atom stereocenters. The van der Waals surface area contributed by atoms with E-state index in [1.807, 2.05) is 12.1 Å². The van der Waals surface area contributed by atoms with Crippen LogP contribution in [-0.4, -0.2) is 21.3 Å². The van der Waals surface area contributed by atoms with Crippen LogP contribution in [0.15, 0.2) is 12.1 Å². The highest BCUT2D eigenvalue weighted by Crippen LogP contribution is 2.43. The number of hydrogen-bond donors (Lipinski definition) is 0. The quantitative estimate of drug-likeness (QED) is 0.771. The molecule has 0 radical (unpaired) electrons. The van der Waals surface area contributed by atoms with Crippen LogP contribution in [0.3, 0.4) is 0 Å². The second-order valence-electron chi connectivity index (χ2n) is 4.68. The molecule has 0 aliphatic rings. The van der Waals surface area contributed by atoms with Crippen molar-refractivity contribution in [3.05, 3.63) is 17.7 Å². The minimum absolute atomic E-state index is 0.132. The number of rotatable bonds is 6. The van der Waals surface area contributed by atoms with Crippen molar-refractivity contribution in [2.75, 3.05) is 21.3 Å². The Balaban J connectivity index is 3.39. The third-order valence-electron chi connectivity index (χ3n) is 3.92. The molecule has 0 aromatic heterocycles. The molecule has 0 saturated carbocycles. The summed E-state index contributed by atoms with van der Waals surface area (Å²) in [6, 6.07) is 4.10. The van der Waals surface area contributed by atoms with Gasteiger partial charge in [-0.2, -0.15) is 0 Å². The minimum Gasteiger partial charge on any atom is -0.493 e. The average molecular weight is 252 g/mol. The summed E-state index contributed by atoms with van der Waals surface area (Å²) >= 11 is 0. The molecule has 0 spiro atoms. The van der Waals surface area contributed by atoms with Gasteiger partial charge in [0.05, 0.1) is 21.3 Å². The van der Waals surface area contributed by atoms with Crippen molar-refractivity contribution < 1.29 is 14.2 Å². The molecule has 0 amide bonds. The first kappa shape index (κ1) is 14.7. The normalized spacial score (nSPS) is 11.2. The van der Waals surface area contributed by atoms with E-state index in [0.717, 1.165) is 24.3 Å². The summed E-state index contributed by atoms with van der Waals surface area (Å²) in [5, 5.41) is 0. The van der Waals surface area contributed by atoms with Crippen molar-refractivity contribution in [2.45, 2.75) is 39.0 Å². The van der Waals surface area contributed by atoms with Gasteiger partial charge in [0.15, 0.2) is 11.5 Å². The lowest BCUT2D eigenvalue weighted by Gasteiger charge is -2.28. The Bertz CT molecular complexity index is 370. The summed E-state index contributed by atoms with van der Waals surface area (Å²) in [7, 11) is 4.92. The van der Waals surface area contributed by atoms with Crippen molar-refractivity contribution in [1.82, 2.24) is 0 Å². The topological polar surface area (TPSA) is 27.7 Å². The Morgan fingerprint density at radius 2 is 1.33 bits per heavy atom. The van der Waals surface area contributed by atoms with Crippen LogP contribution in [0.4, 0.5) is 0 Å². The predicted molar refractivity (Wildman–Crippen MR) is 74.0 cm³/mol. The monoisotopic (exact) mass is 252 g/mol. The molecule has 0 aliphatic carbocycles. The van der Waals surface area contributed by atoms with Crippen LogP contribution in [0.2, 0.25) is 0 Å². The molecule has 0 bridgehead atoms. The fraction of sp³-hybridized carbons (Fsp3) is 0.600. The Morgan fingerprint density at radius 3 is 1.61 bits per heavy atom. The second-order valence-corrected chi connectivity index (χ2v) is 4.68. The van der Waals surface area contributed by atoms with E-state index in [1.165, 1.54) is 5.56 Å². The molecule has 0 fully saturated rings. The van der Waals surface area contributed by atoms with Gasteiger partial charge in [-0.05, 0) is 36.0 Å². The van der Waals surface area contributed by atoms with E-state index in [2.05, 4.69) is 20.8 Å². The summed E-state index contributed by atoms with van der Waals surface area (Å²) < 4.78 is 16.1. The first-order chi connectivity index (χ1) is 8.56. The molecule has 3 heteroatoms. The largest absolute Gasteiger partial charge is 0.493 e. The number of hydrogen-bond acceptors (Lipinski definition) is 3. The van der Waals surface area contributed by atoms with E-state index in [0.29, 0.717) is 5.75 Å². The summed E-state index contributed by atoms with van der Waals surface area (Å²) in [6.45, 7) is 6.66. The van der Waals surface area contributed by atoms with Gasteiger partial charge in [0.2, 0.25) is 5.75 Å².